The lowest BCUT2D eigenvalue weighted by atomic mass is 9.89. The molecule has 0 saturated heterocycles. The van der Waals surface area contributed by atoms with Crippen molar-refractivity contribution in [3.8, 4) is 0 Å². The molecule has 0 bridgehead atoms. The molecule has 9 heteroatoms. The molecule has 0 atom stereocenters. The van der Waals surface area contributed by atoms with Gasteiger partial charge < -0.3 is 16.0 Å². The Balaban J connectivity index is 1.43. The number of carbonyl (C=O) groups is 2. The first-order valence-electron chi connectivity index (χ1n) is 10.8. The van der Waals surface area contributed by atoms with Crippen LogP contribution >= 0.6 is 0 Å². The molecule has 3 rings (SSSR count). The molecule has 0 unspecified atom stereocenters. The van der Waals surface area contributed by atoms with Crippen molar-refractivity contribution >= 4 is 33.3 Å². The molecule has 2 aromatic rings. The normalized spacial score (nSPS) is 14.4. The minimum absolute atomic E-state index is 0.104. The highest BCUT2D eigenvalue weighted by Crippen LogP contribution is 2.22. The largest absolute Gasteiger partial charge is 0.354 e. The van der Waals surface area contributed by atoms with Gasteiger partial charge >= 0.3 is 6.03 Å². The van der Waals surface area contributed by atoms with Gasteiger partial charge in [0.05, 0.1) is 11.4 Å². The van der Waals surface area contributed by atoms with Gasteiger partial charge in [-0.1, -0.05) is 37.0 Å². The Kier molecular flexibility index (Phi) is 8.10. The summed E-state index contributed by atoms with van der Waals surface area (Å²) in [5.74, 6) is 0.315. The lowest BCUT2D eigenvalue weighted by Gasteiger charge is -2.21. The van der Waals surface area contributed by atoms with Crippen LogP contribution in [0.2, 0.25) is 0 Å². The molecule has 0 aromatic heterocycles. The summed E-state index contributed by atoms with van der Waals surface area (Å²) in [5, 5.41) is 8.02. The Morgan fingerprint density at radius 1 is 0.875 bits per heavy atom. The molecule has 0 spiro atoms. The summed E-state index contributed by atoms with van der Waals surface area (Å²) in [5.41, 5.74) is 1.82. The number of benzene rings is 2. The summed E-state index contributed by atoms with van der Waals surface area (Å²) in [4.78, 5) is 24.1. The average molecular weight is 459 g/mol. The van der Waals surface area contributed by atoms with E-state index in [1.807, 2.05) is 6.92 Å². The van der Waals surface area contributed by atoms with E-state index in [0.29, 0.717) is 23.8 Å². The minimum atomic E-state index is -3.69. The maximum atomic E-state index is 12.5. The number of hydrogen-bond acceptors (Lipinski definition) is 4. The van der Waals surface area contributed by atoms with Gasteiger partial charge in [-0.25, -0.2) is 13.2 Å². The Morgan fingerprint density at radius 2 is 1.50 bits per heavy atom. The van der Waals surface area contributed by atoms with Crippen molar-refractivity contribution in [3.05, 3.63) is 54.1 Å². The van der Waals surface area contributed by atoms with Crippen molar-refractivity contribution in [1.82, 2.24) is 10.6 Å². The van der Waals surface area contributed by atoms with Crippen molar-refractivity contribution in [2.45, 2.75) is 43.9 Å². The summed E-state index contributed by atoms with van der Waals surface area (Å²) in [7, 11) is -3.69. The van der Waals surface area contributed by atoms with Crippen molar-refractivity contribution in [1.29, 1.82) is 0 Å². The van der Waals surface area contributed by atoms with Crippen LogP contribution in [0.4, 0.5) is 16.2 Å². The number of sulfonamides is 1. The van der Waals surface area contributed by atoms with Gasteiger partial charge in [0, 0.05) is 17.9 Å². The first-order chi connectivity index (χ1) is 15.3. The molecule has 1 saturated carbocycles. The highest BCUT2D eigenvalue weighted by molar-refractivity contribution is 7.92. The van der Waals surface area contributed by atoms with E-state index in [0.717, 1.165) is 18.4 Å². The number of nitrogens with one attached hydrogen (secondary N) is 4. The van der Waals surface area contributed by atoms with E-state index in [1.165, 1.54) is 19.3 Å². The maximum absolute atomic E-state index is 12.5. The fourth-order valence-corrected chi connectivity index (χ4v) is 4.66. The summed E-state index contributed by atoms with van der Waals surface area (Å²) >= 11 is 0. The van der Waals surface area contributed by atoms with Crippen LogP contribution in [0.15, 0.2) is 53.4 Å². The lowest BCUT2D eigenvalue weighted by Crippen LogP contribution is -2.40. The minimum Gasteiger partial charge on any atom is -0.354 e. The number of rotatable bonds is 8. The average Bonchev–Trinajstić information content (AvgIpc) is 2.78. The highest BCUT2D eigenvalue weighted by atomic mass is 32.2. The molecule has 0 radical (unpaired) electrons. The molecule has 0 heterocycles. The third-order valence-electron chi connectivity index (χ3n) is 5.45. The Bertz CT molecular complexity index is 1010. The summed E-state index contributed by atoms with van der Waals surface area (Å²) in [6, 6.07) is 12.3. The summed E-state index contributed by atoms with van der Waals surface area (Å²) in [6.07, 6.45) is 5.99. The van der Waals surface area contributed by atoms with Gasteiger partial charge in [0.1, 0.15) is 0 Å². The topological polar surface area (TPSA) is 116 Å². The van der Waals surface area contributed by atoms with E-state index in [4.69, 9.17) is 0 Å². The second-order valence-corrected chi connectivity index (χ2v) is 9.79. The molecular formula is C23H30N4O4S. The molecule has 1 aliphatic rings. The fourth-order valence-electron chi connectivity index (χ4n) is 3.60. The van der Waals surface area contributed by atoms with Gasteiger partial charge in [-0.3, -0.25) is 9.52 Å². The van der Waals surface area contributed by atoms with Crippen molar-refractivity contribution < 1.29 is 18.0 Å². The van der Waals surface area contributed by atoms with Gasteiger partial charge in [0.2, 0.25) is 5.91 Å². The first kappa shape index (κ1) is 23.6. The first-order valence-corrected chi connectivity index (χ1v) is 12.3. The second kappa shape index (κ2) is 11.0. The molecule has 4 N–H and O–H groups in total. The zero-order valence-corrected chi connectivity index (χ0v) is 19.0. The quantitative estimate of drug-likeness (QED) is 0.483. The second-order valence-electron chi connectivity index (χ2n) is 8.11. The third-order valence-corrected chi connectivity index (χ3v) is 6.85. The highest BCUT2D eigenvalue weighted by Gasteiger charge is 2.15. The van der Waals surface area contributed by atoms with Gasteiger partial charge in [0.25, 0.3) is 10.0 Å². The van der Waals surface area contributed by atoms with Crippen LogP contribution in [0, 0.1) is 12.8 Å². The van der Waals surface area contributed by atoms with Gasteiger partial charge in [-0.2, -0.15) is 0 Å². The fraction of sp³-hybridized carbons (Fsp3) is 0.391. The monoisotopic (exact) mass is 458 g/mol. The van der Waals surface area contributed by atoms with Gasteiger partial charge in [-0.05, 0) is 62.1 Å². The smallest absolute Gasteiger partial charge is 0.319 e. The molecular weight excluding hydrogens is 428 g/mol. The van der Waals surface area contributed by atoms with Crippen LogP contribution in [0.5, 0.6) is 0 Å². The molecule has 32 heavy (non-hydrogen) atoms. The standard InChI is InChI=1S/C23H30N4O4S/c1-17-7-13-21(14-8-17)32(30,31)27-20-11-9-19(10-12-20)26-23(29)25-16-22(28)24-15-18-5-3-2-4-6-18/h7-14,18,27H,2-6,15-16H2,1H3,(H,24,28)(H2,25,26,29). The summed E-state index contributed by atoms with van der Waals surface area (Å²) < 4.78 is 27.4. The lowest BCUT2D eigenvalue weighted by molar-refractivity contribution is -0.120. The van der Waals surface area contributed by atoms with Gasteiger partial charge in [0.15, 0.2) is 0 Å². The number of carbonyl (C=O) groups excluding carboxylic acids is 2. The number of hydrogen-bond donors (Lipinski definition) is 4. The predicted octanol–water partition coefficient (Wildman–Crippen LogP) is 3.61. The van der Waals surface area contributed by atoms with Crippen LogP contribution < -0.4 is 20.7 Å². The van der Waals surface area contributed by atoms with E-state index >= 15 is 0 Å². The van der Waals surface area contributed by atoms with Crippen molar-refractivity contribution in [2.24, 2.45) is 5.92 Å². The zero-order chi connectivity index (χ0) is 23.0. The molecule has 1 fully saturated rings. The van der Waals surface area contributed by atoms with Crippen molar-refractivity contribution in [3.63, 3.8) is 0 Å². The molecule has 8 nitrogen and oxygen atoms in total. The van der Waals surface area contributed by atoms with E-state index in [1.54, 1.807) is 48.5 Å². The molecule has 3 amide bonds. The Labute approximate surface area is 189 Å². The zero-order valence-electron chi connectivity index (χ0n) is 18.2. The Hall–Kier alpha value is -3.07. The van der Waals surface area contributed by atoms with Crippen LogP contribution in [-0.4, -0.2) is 33.4 Å². The van der Waals surface area contributed by atoms with Crippen LogP contribution in [0.3, 0.4) is 0 Å². The van der Waals surface area contributed by atoms with Gasteiger partial charge in [-0.15, -0.1) is 0 Å². The van der Waals surface area contributed by atoms with E-state index in [2.05, 4.69) is 20.7 Å². The van der Waals surface area contributed by atoms with E-state index < -0.39 is 16.1 Å². The molecule has 0 aliphatic heterocycles. The number of urea groups is 1. The summed E-state index contributed by atoms with van der Waals surface area (Å²) in [6.45, 7) is 2.44. The van der Waals surface area contributed by atoms with E-state index in [-0.39, 0.29) is 17.3 Å². The van der Waals surface area contributed by atoms with Crippen molar-refractivity contribution in [2.75, 3.05) is 23.1 Å². The maximum Gasteiger partial charge on any atom is 0.319 e. The van der Waals surface area contributed by atoms with Crippen LogP contribution in [0.1, 0.15) is 37.7 Å². The number of aryl methyl sites for hydroxylation is 1. The molecule has 1 aliphatic carbocycles. The van der Waals surface area contributed by atoms with E-state index in [9.17, 15) is 18.0 Å². The number of amides is 3. The predicted molar refractivity (Wildman–Crippen MR) is 125 cm³/mol. The SMILES string of the molecule is Cc1ccc(S(=O)(=O)Nc2ccc(NC(=O)NCC(=O)NCC3CCCCC3)cc2)cc1. The Morgan fingerprint density at radius 3 is 2.16 bits per heavy atom. The van der Waals surface area contributed by atoms with Crippen LogP contribution in [0.25, 0.3) is 0 Å². The molecule has 172 valence electrons. The third kappa shape index (κ3) is 7.26. The molecule has 2 aromatic carbocycles. The van der Waals surface area contributed by atoms with Crippen LogP contribution in [-0.2, 0) is 14.8 Å². The number of anilines is 2.